The summed E-state index contributed by atoms with van der Waals surface area (Å²) >= 11 is 9.96. The molecule has 2 aromatic heterocycles. The highest BCUT2D eigenvalue weighted by Crippen LogP contribution is 2.29. The van der Waals surface area contributed by atoms with E-state index in [0.717, 1.165) is 27.8 Å². The standard InChI is InChI=1S/C29H26BrClN4O3S/c1-34(39(36,37)24-16-14-23(15-17-24)38-22-10-3-2-4-11-22)18-8-7-9-21-19-28(25-12-5-6-13-27(25)31)33-29-26(30)20-32-35(21)29/h2-6,10-17,19-20H,7-9,18H2,1H3. The van der Waals surface area contributed by atoms with Gasteiger partial charge in [0, 0.05) is 29.9 Å². The molecule has 3 aromatic carbocycles. The van der Waals surface area contributed by atoms with Crippen LogP contribution in [-0.2, 0) is 16.4 Å². The number of fused-ring (bicyclic) bond motifs is 1. The van der Waals surface area contributed by atoms with E-state index in [0.29, 0.717) is 41.6 Å². The number of para-hydroxylation sites is 1. The highest BCUT2D eigenvalue weighted by atomic mass is 79.9. The van der Waals surface area contributed by atoms with Crippen LogP contribution in [0.25, 0.3) is 16.9 Å². The molecular weight excluding hydrogens is 600 g/mol. The molecule has 0 unspecified atom stereocenters. The van der Waals surface area contributed by atoms with Crippen LogP contribution in [0.5, 0.6) is 11.5 Å². The molecule has 7 nitrogen and oxygen atoms in total. The summed E-state index contributed by atoms with van der Waals surface area (Å²) < 4.78 is 36.0. The van der Waals surface area contributed by atoms with Crippen molar-refractivity contribution in [1.29, 1.82) is 0 Å². The number of aromatic nitrogens is 3. The Balaban J connectivity index is 1.23. The van der Waals surface area contributed by atoms with Crippen LogP contribution in [-0.4, -0.2) is 40.9 Å². The van der Waals surface area contributed by atoms with Crippen LogP contribution in [0, 0.1) is 0 Å². The SMILES string of the molecule is CN(CCCCc1cc(-c2ccccc2Cl)nc2c(Br)cnn12)S(=O)(=O)c1ccc(Oc2ccccc2)cc1. The van der Waals surface area contributed by atoms with Crippen molar-refractivity contribution in [2.45, 2.75) is 24.2 Å². The minimum atomic E-state index is -3.62. The average Bonchev–Trinajstić information content (AvgIpc) is 3.32. The molecular formula is C29H26BrClN4O3S. The summed E-state index contributed by atoms with van der Waals surface area (Å²) in [6.07, 6.45) is 3.86. The van der Waals surface area contributed by atoms with Crippen molar-refractivity contribution in [1.82, 2.24) is 18.9 Å². The normalized spacial score (nSPS) is 11.8. The summed E-state index contributed by atoms with van der Waals surface area (Å²) in [7, 11) is -2.02. The maximum absolute atomic E-state index is 13.1. The Labute approximate surface area is 241 Å². The highest BCUT2D eigenvalue weighted by molar-refractivity contribution is 9.10. The zero-order valence-corrected chi connectivity index (χ0v) is 24.3. The van der Waals surface area contributed by atoms with Gasteiger partial charge in [-0.3, -0.25) is 0 Å². The van der Waals surface area contributed by atoms with Crippen LogP contribution in [0.15, 0.2) is 100 Å². The lowest BCUT2D eigenvalue weighted by molar-refractivity contribution is 0.454. The molecule has 0 aliphatic heterocycles. The van der Waals surface area contributed by atoms with Crippen molar-refractivity contribution in [3.05, 3.63) is 106 Å². The molecule has 5 aromatic rings. The monoisotopic (exact) mass is 624 g/mol. The first-order chi connectivity index (χ1) is 18.8. The molecule has 0 bridgehead atoms. The molecule has 0 saturated heterocycles. The largest absolute Gasteiger partial charge is 0.457 e. The third-order valence-electron chi connectivity index (χ3n) is 6.32. The molecule has 0 aliphatic carbocycles. The van der Waals surface area contributed by atoms with Crippen LogP contribution in [0.2, 0.25) is 5.02 Å². The predicted octanol–water partition coefficient (Wildman–Crippen LogP) is 7.25. The number of halogens is 2. The van der Waals surface area contributed by atoms with E-state index in [1.165, 1.54) is 4.31 Å². The second kappa shape index (κ2) is 11.9. The van der Waals surface area contributed by atoms with Gasteiger partial charge >= 0.3 is 0 Å². The number of ether oxygens (including phenoxy) is 1. The molecule has 0 radical (unpaired) electrons. The third kappa shape index (κ3) is 6.17. The number of sulfonamides is 1. The highest BCUT2D eigenvalue weighted by Gasteiger charge is 2.20. The summed E-state index contributed by atoms with van der Waals surface area (Å²) in [5.41, 5.74) is 3.30. The lowest BCUT2D eigenvalue weighted by atomic mass is 10.1. The Hall–Kier alpha value is -3.24. The molecule has 0 saturated carbocycles. The number of rotatable bonds is 10. The van der Waals surface area contributed by atoms with Crippen molar-refractivity contribution < 1.29 is 13.2 Å². The molecule has 2 heterocycles. The van der Waals surface area contributed by atoms with Gasteiger partial charge in [-0.05, 0) is 83.7 Å². The van der Waals surface area contributed by atoms with Crippen LogP contribution < -0.4 is 4.74 Å². The predicted molar refractivity (Wildman–Crippen MR) is 157 cm³/mol. The van der Waals surface area contributed by atoms with E-state index >= 15 is 0 Å². The topological polar surface area (TPSA) is 76.8 Å². The fourth-order valence-electron chi connectivity index (χ4n) is 4.23. The van der Waals surface area contributed by atoms with E-state index in [2.05, 4.69) is 21.0 Å². The summed E-state index contributed by atoms with van der Waals surface area (Å²) in [5, 5.41) is 5.09. The molecule has 39 heavy (non-hydrogen) atoms. The molecule has 0 N–H and O–H groups in total. The molecule has 0 amide bonds. The van der Waals surface area contributed by atoms with Crippen molar-refractivity contribution in [2.75, 3.05) is 13.6 Å². The lowest BCUT2D eigenvalue weighted by Gasteiger charge is -2.17. The van der Waals surface area contributed by atoms with Gasteiger partial charge in [-0.15, -0.1) is 0 Å². The van der Waals surface area contributed by atoms with Crippen LogP contribution in [0.1, 0.15) is 18.5 Å². The maximum Gasteiger partial charge on any atom is 0.242 e. The number of aryl methyl sites for hydroxylation is 1. The van der Waals surface area contributed by atoms with E-state index in [1.54, 1.807) is 37.5 Å². The Kier molecular flexibility index (Phi) is 8.32. The molecule has 10 heteroatoms. The molecule has 5 rings (SSSR count). The van der Waals surface area contributed by atoms with Gasteiger partial charge in [0.1, 0.15) is 11.5 Å². The van der Waals surface area contributed by atoms with E-state index < -0.39 is 10.0 Å². The Bertz CT molecular complexity index is 1690. The number of nitrogens with zero attached hydrogens (tertiary/aromatic N) is 4. The van der Waals surface area contributed by atoms with Crippen molar-refractivity contribution in [3.63, 3.8) is 0 Å². The van der Waals surface area contributed by atoms with Gasteiger partial charge in [0.15, 0.2) is 5.65 Å². The number of hydrogen-bond donors (Lipinski definition) is 0. The van der Waals surface area contributed by atoms with Crippen molar-refractivity contribution in [2.24, 2.45) is 0 Å². The minimum absolute atomic E-state index is 0.229. The Morgan fingerprint density at radius 3 is 2.38 bits per heavy atom. The minimum Gasteiger partial charge on any atom is -0.457 e. The van der Waals surface area contributed by atoms with Crippen LogP contribution in [0.4, 0.5) is 0 Å². The van der Waals surface area contributed by atoms with E-state index in [-0.39, 0.29) is 4.90 Å². The fourth-order valence-corrected chi connectivity index (χ4v) is 6.02. The van der Waals surface area contributed by atoms with E-state index in [1.807, 2.05) is 65.2 Å². The van der Waals surface area contributed by atoms with E-state index in [9.17, 15) is 8.42 Å². The smallest absolute Gasteiger partial charge is 0.242 e. The number of benzene rings is 3. The van der Waals surface area contributed by atoms with Gasteiger partial charge in [-0.2, -0.15) is 5.10 Å². The average molecular weight is 626 g/mol. The maximum atomic E-state index is 13.1. The molecule has 0 spiro atoms. The zero-order chi connectivity index (χ0) is 27.4. The first-order valence-electron chi connectivity index (χ1n) is 12.4. The fraction of sp³-hybridized carbons (Fsp3) is 0.172. The molecule has 0 aliphatic rings. The second-order valence-corrected chi connectivity index (χ2v) is 12.3. The third-order valence-corrected chi connectivity index (χ3v) is 9.08. The summed E-state index contributed by atoms with van der Waals surface area (Å²) in [6, 6.07) is 25.4. The molecule has 200 valence electrons. The summed E-state index contributed by atoms with van der Waals surface area (Å²) in [5.74, 6) is 1.27. The quantitative estimate of drug-likeness (QED) is 0.153. The zero-order valence-electron chi connectivity index (χ0n) is 21.2. The first kappa shape index (κ1) is 27.3. The van der Waals surface area contributed by atoms with Gasteiger partial charge in [0.25, 0.3) is 0 Å². The molecule has 0 fully saturated rings. The second-order valence-electron chi connectivity index (χ2n) is 9.01. The van der Waals surface area contributed by atoms with Gasteiger partial charge in [0.05, 0.1) is 21.3 Å². The number of hydrogen-bond acceptors (Lipinski definition) is 5. The van der Waals surface area contributed by atoms with Gasteiger partial charge in [-0.1, -0.05) is 48.0 Å². The van der Waals surface area contributed by atoms with Crippen molar-refractivity contribution in [3.8, 4) is 22.8 Å². The van der Waals surface area contributed by atoms with Crippen LogP contribution in [0.3, 0.4) is 0 Å². The Morgan fingerprint density at radius 2 is 1.64 bits per heavy atom. The van der Waals surface area contributed by atoms with Crippen LogP contribution >= 0.6 is 27.5 Å². The Morgan fingerprint density at radius 1 is 0.949 bits per heavy atom. The summed E-state index contributed by atoms with van der Waals surface area (Å²) in [6.45, 7) is 0.388. The summed E-state index contributed by atoms with van der Waals surface area (Å²) in [4.78, 5) is 4.98. The van der Waals surface area contributed by atoms with Crippen molar-refractivity contribution >= 4 is 43.2 Å². The van der Waals surface area contributed by atoms with Gasteiger partial charge in [-0.25, -0.2) is 22.2 Å². The van der Waals surface area contributed by atoms with Gasteiger partial charge < -0.3 is 4.74 Å². The van der Waals surface area contributed by atoms with Gasteiger partial charge in [0.2, 0.25) is 10.0 Å². The first-order valence-corrected chi connectivity index (χ1v) is 15.0. The lowest BCUT2D eigenvalue weighted by Crippen LogP contribution is -2.28. The molecule has 0 atom stereocenters. The van der Waals surface area contributed by atoms with E-state index in [4.69, 9.17) is 21.3 Å². The number of unbranched alkanes of at least 4 members (excludes halogenated alkanes) is 1.